The van der Waals surface area contributed by atoms with Crippen LogP contribution in [0.15, 0.2) is 10.6 Å². The van der Waals surface area contributed by atoms with Crippen molar-refractivity contribution in [2.24, 2.45) is 11.8 Å². The van der Waals surface area contributed by atoms with Gasteiger partial charge in [0.15, 0.2) is 0 Å². The fourth-order valence-electron chi connectivity index (χ4n) is 4.15. The highest BCUT2D eigenvalue weighted by Gasteiger charge is 2.60. The second kappa shape index (κ2) is 8.02. The zero-order valence-electron chi connectivity index (χ0n) is 16.0. The van der Waals surface area contributed by atoms with E-state index in [1.165, 1.54) is 16.7 Å². The van der Waals surface area contributed by atoms with E-state index in [0.717, 1.165) is 0 Å². The van der Waals surface area contributed by atoms with Crippen LogP contribution >= 0.6 is 11.8 Å². The Hall–Kier alpha value is -1.62. The first-order chi connectivity index (χ1) is 13.1. The normalized spacial score (nSPS) is 34.2. The standard InChI is InChI=1S/C18H26N2O7S/c1-7-13-12(9(3)21)16(22)20(13)14(18(25)26)15(7)28-11-4-10(27-6-11)5-19-8(2)17(23)24/h7-13,19,21H,4-6H2,1-3H3,(H,23,24)(H,25,26)/t7-,8+,9-,10?,11?,12-,13-/m1/s1. The summed E-state index contributed by atoms with van der Waals surface area (Å²) in [6.45, 7) is 5.84. The number of carboxylic acids is 2. The van der Waals surface area contributed by atoms with Gasteiger partial charge < -0.3 is 30.3 Å². The molecule has 2 unspecified atom stereocenters. The Labute approximate surface area is 167 Å². The molecule has 28 heavy (non-hydrogen) atoms. The molecule has 0 aliphatic carbocycles. The number of nitrogens with one attached hydrogen (secondary N) is 1. The SMILES string of the molecule is C[C@H](NCC1CC(SC2=C(C(=O)O)N3C(=O)[C@H]([C@@H](C)O)[C@H]3[C@H]2C)CO1)C(=O)O. The fraction of sp³-hybridized carbons (Fsp3) is 0.722. The number of fused-ring (bicyclic) bond motifs is 1. The van der Waals surface area contributed by atoms with E-state index in [4.69, 9.17) is 9.84 Å². The Morgan fingerprint density at radius 2 is 2.04 bits per heavy atom. The number of hydrogen-bond acceptors (Lipinski definition) is 7. The summed E-state index contributed by atoms with van der Waals surface area (Å²) in [4.78, 5) is 37.0. The molecule has 0 spiro atoms. The van der Waals surface area contributed by atoms with Crippen LogP contribution in [0, 0.1) is 11.8 Å². The third kappa shape index (κ3) is 3.66. The molecular formula is C18H26N2O7S. The van der Waals surface area contributed by atoms with Gasteiger partial charge in [-0.15, -0.1) is 11.8 Å². The highest BCUT2D eigenvalue weighted by atomic mass is 32.2. The summed E-state index contributed by atoms with van der Waals surface area (Å²) < 4.78 is 5.72. The smallest absolute Gasteiger partial charge is 0.353 e. The minimum absolute atomic E-state index is 0.0190. The molecule has 0 saturated carbocycles. The van der Waals surface area contributed by atoms with Gasteiger partial charge in [0.25, 0.3) is 0 Å². The van der Waals surface area contributed by atoms with Crippen LogP contribution in [0.4, 0.5) is 0 Å². The van der Waals surface area contributed by atoms with E-state index in [2.05, 4.69) is 5.32 Å². The minimum atomic E-state index is -1.14. The molecule has 3 heterocycles. The van der Waals surface area contributed by atoms with Crippen molar-refractivity contribution >= 4 is 29.6 Å². The van der Waals surface area contributed by atoms with Gasteiger partial charge in [0.05, 0.1) is 30.8 Å². The molecule has 2 saturated heterocycles. The maximum Gasteiger partial charge on any atom is 0.353 e. The first-order valence-corrected chi connectivity index (χ1v) is 10.2. The predicted molar refractivity (Wildman–Crippen MR) is 100 cm³/mol. The minimum Gasteiger partial charge on any atom is -0.480 e. The molecule has 156 valence electrons. The van der Waals surface area contributed by atoms with Gasteiger partial charge in [0.1, 0.15) is 11.7 Å². The highest BCUT2D eigenvalue weighted by Crippen LogP contribution is 2.52. The number of aliphatic carboxylic acids is 2. The lowest BCUT2D eigenvalue weighted by molar-refractivity contribution is -0.163. The lowest BCUT2D eigenvalue weighted by Gasteiger charge is -2.46. The van der Waals surface area contributed by atoms with Crippen molar-refractivity contribution in [3.8, 4) is 0 Å². The van der Waals surface area contributed by atoms with Crippen LogP contribution in [0.1, 0.15) is 27.2 Å². The summed E-state index contributed by atoms with van der Waals surface area (Å²) >= 11 is 1.42. The predicted octanol–water partition coefficient (Wildman–Crippen LogP) is 0.0935. The molecular weight excluding hydrogens is 388 g/mol. The van der Waals surface area contributed by atoms with Gasteiger partial charge >= 0.3 is 11.9 Å². The van der Waals surface area contributed by atoms with Crippen LogP contribution < -0.4 is 5.32 Å². The van der Waals surface area contributed by atoms with E-state index in [1.54, 1.807) is 13.8 Å². The van der Waals surface area contributed by atoms with Gasteiger partial charge in [0.2, 0.25) is 5.91 Å². The van der Waals surface area contributed by atoms with Gasteiger partial charge in [-0.2, -0.15) is 0 Å². The molecule has 0 bridgehead atoms. The van der Waals surface area contributed by atoms with Gasteiger partial charge in [-0.3, -0.25) is 9.59 Å². The van der Waals surface area contributed by atoms with Gasteiger partial charge in [0, 0.05) is 22.6 Å². The van der Waals surface area contributed by atoms with Crippen molar-refractivity contribution < 1.29 is 34.4 Å². The van der Waals surface area contributed by atoms with Crippen LogP contribution in [-0.2, 0) is 19.1 Å². The number of aliphatic hydroxyl groups is 1. The van der Waals surface area contributed by atoms with Crippen LogP contribution in [0.25, 0.3) is 0 Å². The van der Waals surface area contributed by atoms with Crippen molar-refractivity contribution in [1.82, 2.24) is 10.2 Å². The number of thioether (sulfide) groups is 1. The number of rotatable bonds is 8. The van der Waals surface area contributed by atoms with Crippen LogP contribution in [0.5, 0.6) is 0 Å². The van der Waals surface area contributed by atoms with E-state index >= 15 is 0 Å². The summed E-state index contributed by atoms with van der Waals surface area (Å²) in [6.07, 6.45) is -0.309. The topological polar surface area (TPSA) is 136 Å². The van der Waals surface area contributed by atoms with Gasteiger partial charge in [-0.25, -0.2) is 4.79 Å². The molecule has 7 atom stereocenters. The number of hydrogen-bond donors (Lipinski definition) is 4. The third-order valence-corrected chi connectivity index (χ3v) is 7.15. The highest BCUT2D eigenvalue weighted by molar-refractivity contribution is 8.03. The Kier molecular flexibility index (Phi) is 6.04. The van der Waals surface area contributed by atoms with Crippen molar-refractivity contribution in [3.05, 3.63) is 10.6 Å². The molecule has 2 fully saturated rings. The van der Waals surface area contributed by atoms with E-state index in [0.29, 0.717) is 24.5 Å². The Morgan fingerprint density at radius 1 is 1.36 bits per heavy atom. The zero-order valence-corrected chi connectivity index (χ0v) is 16.8. The zero-order chi connectivity index (χ0) is 20.7. The lowest BCUT2D eigenvalue weighted by Crippen LogP contribution is -2.63. The van der Waals surface area contributed by atoms with Crippen molar-refractivity contribution in [1.29, 1.82) is 0 Å². The van der Waals surface area contributed by atoms with E-state index < -0.39 is 30.0 Å². The summed E-state index contributed by atoms with van der Waals surface area (Å²) in [5.41, 5.74) is 0.0190. The second-order valence-electron chi connectivity index (χ2n) is 7.67. The summed E-state index contributed by atoms with van der Waals surface area (Å²) in [5, 5.41) is 31.4. The summed E-state index contributed by atoms with van der Waals surface area (Å²) in [5.74, 6) is -3.15. The number of amides is 1. The molecule has 3 rings (SSSR count). The van der Waals surface area contributed by atoms with Crippen molar-refractivity contribution in [3.63, 3.8) is 0 Å². The first kappa shape index (κ1) is 21.1. The monoisotopic (exact) mass is 414 g/mol. The van der Waals surface area contributed by atoms with Crippen LogP contribution in [-0.4, -0.2) is 80.8 Å². The number of carbonyl (C=O) groups excluding carboxylic acids is 1. The number of carbonyl (C=O) groups is 3. The molecule has 3 aliphatic heterocycles. The second-order valence-corrected chi connectivity index (χ2v) is 9.01. The average Bonchev–Trinajstić information content (AvgIpc) is 3.14. The molecule has 10 heteroatoms. The van der Waals surface area contributed by atoms with Crippen molar-refractivity contribution in [2.45, 2.75) is 56.7 Å². The number of nitrogens with zero attached hydrogens (tertiary/aromatic N) is 1. The molecule has 9 nitrogen and oxygen atoms in total. The van der Waals surface area contributed by atoms with Crippen LogP contribution in [0.2, 0.25) is 0 Å². The van der Waals surface area contributed by atoms with Crippen LogP contribution in [0.3, 0.4) is 0 Å². The molecule has 4 N–H and O–H groups in total. The Bertz CT molecular complexity index is 710. The van der Waals surface area contributed by atoms with E-state index in [1.807, 2.05) is 6.92 Å². The van der Waals surface area contributed by atoms with Crippen molar-refractivity contribution in [2.75, 3.05) is 13.2 Å². The fourth-order valence-corrected chi connectivity index (χ4v) is 5.62. The number of carboxylic acid groups (broad SMARTS) is 2. The van der Waals surface area contributed by atoms with Gasteiger partial charge in [-0.05, 0) is 20.3 Å². The first-order valence-electron chi connectivity index (χ1n) is 9.36. The number of ether oxygens (including phenoxy) is 1. The molecule has 0 aromatic carbocycles. The van der Waals surface area contributed by atoms with E-state index in [9.17, 15) is 24.6 Å². The quantitative estimate of drug-likeness (QED) is 0.407. The molecule has 0 aromatic heterocycles. The summed E-state index contributed by atoms with van der Waals surface area (Å²) in [7, 11) is 0. The number of aliphatic hydroxyl groups excluding tert-OH is 1. The Balaban J connectivity index is 1.66. The molecule has 0 aromatic rings. The maximum atomic E-state index is 12.4. The van der Waals surface area contributed by atoms with E-state index in [-0.39, 0.29) is 34.9 Å². The largest absolute Gasteiger partial charge is 0.480 e. The Morgan fingerprint density at radius 3 is 2.61 bits per heavy atom. The molecule has 1 amide bonds. The summed E-state index contributed by atoms with van der Waals surface area (Å²) in [6, 6.07) is -0.990. The molecule has 3 aliphatic rings. The number of β-lactam (4-membered cyclic amide) rings is 1. The van der Waals surface area contributed by atoms with Gasteiger partial charge in [-0.1, -0.05) is 6.92 Å². The molecule has 0 radical (unpaired) electrons. The maximum absolute atomic E-state index is 12.4. The lowest BCUT2D eigenvalue weighted by atomic mass is 9.79. The third-order valence-electron chi connectivity index (χ3n) is 5.67. The average molecular weight is 414 g/mol.